The Balaban J connectivity index is 1.38. The van der Waals surface area contributed by atoms with Crippen molar-refractivity contribution >= 4 is 29.2 Å². The Morgan fingerprint density at radius 2 is 2.27 bits per heavy atom. The average molecular weight is 431 g/mol. The van der Waals surface area contributed by atoms with Crippen LogP contribution in [0.5, 0.6) is 0 Å². The number of pyridine rings is 1. The number of carbonyl (C=O) groups excluding carboxylic acids is 1. The highest BCUT2D eigenvalue weighted by Crippen LogP contribution is 2.25. The molecule has 1 fully saturated rings. The molecule has 2 aromatic heterocycles. The molecule has 2 aliphatic rings. The molecule has 3 N–H and O–H groups in total. The van der Waals surface area contributed by atoms with Crippen molar-refractivity contribution in [1.82, 2.24) is 15.3 Å². The highest BCUT2D eigenvalue weighted by Gasteiger charge is 2.30. The number of ether oxygens (including phenoxy) is 1. The first-order valence-corrected chi connectivity index (χ1v) is 10.7. The molecule has 0 radical (unpaired) electrons. The molecule has 30 heavy (non-hydrogen) atoms. The van der Waals surface area contributed by atoms with Gasteiger partial charge in [-0.3, -0.25) is 9.78 Å². The van der Waals surface area contributed by atoms with Crippen molar-refractivity contribution in [2.24, 2.45) is 15.9 Å². The summed E-state index contributed by atoms with van der Waals surface area (Å²) in [6.07, 6.45) is 3.30. The fraction of sp³-hybridized carbons (Fsp3) is 0.450. The van der Waals surface area contributed by atoms with E-state index in [9.17, 15) is 9.18 Å². The quantitative estimate of drug-likeness (QED) is 0.772. The molecule has 0 spiro atoms. The van der Waals surface area contributed by atoms with Gasteiger partial charge >= 0.3 is 0 Å². The van der Waals surface area contributed by atoms with Gasteiger partial charge < -0.3 is 15.8 Å². The molecule has 158 valence electrons. The minimum atomic E-state index is -1.18. The molecule has 4 rings (SSSR count). The minimum Gasteiger partial charge on any atom is -0.369 e. The first-order chi connectivity index (χ1) is 14.5. The summed E-state index contributed by atoms with van der Waals surface area (Å²) in [5.41, 5.74) is 8.57. The van der Waals surface area contributed by atoms with Gasteiger partial charge in [-0.1, -0.05) is 6.07 Å². The lowest BCUT2D eigenvalue weighted by atomic mass is 9.99. The van der Waals surface area contributed by atoms with Crippen molar-refractivity contribution in [1.29, 1.82) is 0 Å². The van der Waals surface area contributed by atoms with Gasteiger partial charge in [-0.25, -0.2) is 9.37 Å². The fourth-order valence-electron chi connectivity index (χ4n) is 3.43. The van der Waals surface area contributed by atoms with E-state index in [4.69, 9.17) is 10.5 Å². The predicted molar refractivity (Wildman–Crippen MR) is 114 cm³/mol. The zero-order chi connectivity index (χ0) is 21.1. The van der Waals surface area contributed by atoms with Crippen molar-refractivity contribution in [3.8, 4) is 10.7 Å². The van der Waals surface area contributed by atoms with Crippen LogP contribution < -0.4 is 11.1 Å². The Morgan fingerprint density at radius 3 is 3.10 bits per heavy atom. The highest BCUT2D eigenvalue weighted by molar-refractivity contribution is 7.13. The van der Waals surface area contributed by atoms with Crippen molar-refractivity contribution in [2.45, 2.75) is 50.5 Å². The van der Waals surface area contributed by atoms with E-state index in [1.165, 1.54) is 11.3 Å². The zero-order valence-electron chi connectivity index (χ0n) is 16.5. The molecule has 0 saturated carbocycles. The van der Waals surface area contributed by atoms with Gasteiger partial charge in [0.1, 0.15) is 22.6 Å². The first kappa shape index (κ1) is 20.7. The van der Waals surface area contributed by atoms with Crippen molar-refractivity contribution in [3.63, 3.8) is 0 Å². The number of halogens is 1. The molecule has 1 saturated heterocycles. The average Bonchev–Trinajstić information content (AvgIpc) is 3.17. The number of amides is 1. The van der Waals surface area contributed by atoms with Crippen molar-refractivity contribution < 1.29 is 13.9 Å². The SMILES string of the molecule is Cc1cccnc1-c1nc(C(=O)NC2C=NN=C(C3CCC(N)C(F)CO3)C2)cs1. The topological polar surface area (TPSA) is 115 Å². The second-order valence-corrected chi connectivity index (χ2v) is 8.28. The van der Waals surface area contributed by atoms with Crippen LogP contribution in [-0.2, 0) is 4.74 Å². The van der Waals surface area contributed by atoms with Crippen LogP contribution in [0.4, 0.5) is 4.39 Å². The number of hydrogen-bond donors (Lipinski definition) is 2. The monoisotopic (exact) mass is 430 g/mol. The summed E-state index contributed by atoms with van der Waals surface area (Å²) in [5, 5.41) is 13.5. The lowest BCUT2D eigenvalue weighted by Gasteiger charge is -2.22. The molecule has 4 heterocycles. The summed E-state index contributed by atoms with van der Waals surface area (Å²) in [4.78, 5) is 21.5. The molecule has 1 amide bonds. The van der Waals surface area contributed by atoms with Crippen LogP contribution in [0.1, 0.15) is 35.3 Å². The van der Waals surface area contributed by atoms with E-state index in [1.54, 1.807) is 17.8 Å². The number of rotatable bonds is 4. The van der Waals surface area contributed by atoms with Crippen LogP contribution in [-0.4, -0.2) is 58.8 Å². The second kappa shape index (κ2) is 9.07. The summed E-state index contributed by atoms with van der Waals surface area (Å²) < 4.78 is 19.4. The lowest BCUT2D eigenvalue weighted by molar-refractivity contribution is 0.0629. The third-order valence-electron chi connectivity index (χ3n) is 5.18. The number of thiazole rings is 1. The third-order valence-corrected chi connectivity index (χ3v) is 6.03. The van der Waals surface area contributed by atoms with E-state index in [-0.39, 0.29) is 24.7 Å². The van der Waals surface area contributed by atoms with Crippen molar-refractivity contribution in [2.75, 3.05) is 6.61 Å². The fourth-order valence-corrected chi connectivity index (χ4v) is 4.29. The number of carbonyl (C=O) groups is 1. The molecule has 4 unspecified atom stereocenters. The van der Waals surface area contributed by atoms with Gasteiger partial charge in [0.05, 0.1) is 24.5 Å². The molecular weight excluding hydrogens is 407 g/mol. The maximum Gasteiger partial charge on any atom is 0.271 e. The van der Waals surface area contributed by atoms with Crippen LogP contribution in [0.15, 0.2) is 33.9 Å². The molecule has 8 nitrogen and oxygen atoms in total. The summed E-state index contributed by atoms with van der Waals surface area (Å²) in [6, 6.07) is 2.95. The molecule has 2 aromatic rings. The normalized spacial score (nSPS) is 26.7. The Hall–Kier alpha value is -2.56. The number of alkyl halides is 1. The summed E-state index contributed by atoms with van der Waals surface area (Å²) in [6.45, 7) is 1.90. The van der Waals surface area contributed by atoms with E-state index in [0.717, 1.165) is 11.3 Å². The Morgan fingerprint density at radius 1 is 1.40 bits per heavy atom. The van der Waals surface area contributed by atoms with Gasteiger partial charge in [0.2, 0.25) is 0 Å². The third kappa shape index (κ3) is 4.61. The standard InChI is InChI=1S/C20H23FN6O2S/c1-11-3-2-6-23-18(11)20-26-16(10-30-20)19(28)25-12-7-15(27-24-8-12)17-5-4-14(22)13(21)9-29-17/h2-3,6,8,10,12-14,17H,4-5,7,9,22H2,1H3,(H,25,28). The number of nitrogens with one attached hydrogen (secondary N) is 1. The Labute approximate surface area is 177 Å². The molecule has 4 atom stereocenters. The largest absolute Gasteiger partial charge is 0.369 e. The van der Waals surface area contributed by atoms with Gasteiger partial charge in [0.15, 0.2) is 0 Å². The van der Waals surface area contributed by atoms with Crippen LogP contribution in [0, 0.1) is 6.92 Å². The van der Waals surface area contributed by atoms with Gasteiger partial charge in [-0.15, -0.1) is 11.3 Å². The van der Waals surface area contributed by atoms with E-state index in [0.29, 0.717) is 35.7 Å². The smallest absolute Gasteiger partial charge is 0.271 e. The van der Waals surface area contributed by atoms with Crippen LogP contribution in [0.2, 0.25) is 0 Å². The number of aryl methyl sites for hydroxylation is 1. The Kier molecular flexibility index (Phi) is 6.26. The van der Waals surface area contributed by atoms with Crippen LogP contribution >= 0.6 is 11.3 Å². The summed E-state index contributed by atoms with van der Waals surface area (Å²) in [7, 11) is 0. The lowest BCUT2D eigenvalue weighted by Crippen LogP contribution is -2.41. The van der Waals surface area contributed by atoms with Gasteiger partial charge in [0, 0.05) is 30.3 Å². The molecule has 2 aliphatic heterocycles. The molecule has 10 heteroatoms. The van der Waals surface area contributed by atoms with Gasteiger partial charge in [-0.05, 0) is 31.4 Å². The predicted octanol–water partition coefficient (Wildman–Crippen LogP) is 2.29. The van der Waals surface area contributed by atoms with E-state index in [2.05, 4.69) is 25.5 Å². The minimum absolute atomic E-state index is 0.0554. The maximum atomic E-state index is 13.8. The highest BCUT2D eigenvalue weighted by atomic mass is 32.1. The second-order valence-electron chi connectivity index (χ2n) is 7.43. The molecule has 0 bridgehead atoms. The first-order valence-electron chi connectivity index (χ1n) is 9.81. The molecule has 0 aromatic carbocycles. The van der Waals surface area contributed by atoms with E-state index in [1.807, 2.05) is 19.1 Å². The van der Waals surface area contributed by atoms with Crippen LogP contribution in [0.3, 0.4) is 0 Å². The Bertz CT molecular complexity index is 966. The van der Waals surface area contributed by atoms with Crippen molar-refractivity contribution in [3.05, 3.63) is 35.0 Å². The number of nitrogens with two attached hydrogens (primary N) is 1. The van der Waals surface area contributed by atoms with E-state index >= 15 is 0 Å². The molecular formula is C20H23FN6O2S. The number of nitrogens with zero attached hydrogens (tertiary/aromatic N) is 4. The number of aromatic nitrogens is 2. The maximum absolute atomic E-state index is 13.8. The zero-order valence-corrected chi connectivity index (χ0v) is 17.3. The van der Waals surface area contributed by atoms with Gasteiger partial charge in [0.25, 0.3) is 5.91 Å². The van der Waals surface area contributed by atoms with Crippen LogP contribution in [0.25, 0.3) is 10.7 Å². The van der Waals surface area contributed by atoms with Gasteiger partial charge in [-0.2, -0.15) is 10.2 Å². The summed E-state index contributed by atoms with van der Waals surface area (Å²) >= 11 is 1.37. The molecule has 0 aliphatic carbocycles. The summed E-state index contributed by atoms with van der Waals surface area (Å²) in [5.74, 6) is -0.295. The number of hydrogen-bond acceptors (Lipinski definition) is 8. The van der Waals surface area contributed by atoms with E-state index < -0.39 is 12.2 Å².